The molecule has 0 aromatic heterocycles. The van der Waals surface area contributed by atoms with Crippen LogP contribution in [-0.2, 0) is 17.6 Å². The number of halogens is 1. The van der Waals surface area contributed by atoms with Gasteiger partial charge in [0.15, 0.2) is 0 Å². The first-order valence-corrected chi connectivity index (χ1v) is 11.3. The maximum atomic E-state index is 12.7. The summed E-state index contributed by atoms with van der Waals surface area (Å²) in [5, 5.41) is 9.51. The van der Waals surface area contributed by atoms with Gasteiger partial charge in [0.1, 0.15) is 5.60 Å². The minimum atomic E-state index is -0.576. The van der Waals surface area contributed by atoms with Gasteiger partial charge in [-0.15, -0.1) is 0 Å². The van der Waals surface area contributed by atoms with E-state index in [1.54, 1.807) is 11.0 Å². The Bertz CT molecular complexity index is 1020. The monoisotopic (exact) mass is 451 g/mol. The predicted molar refractivity (Wildman–Crippen MR) is 129 cm³/mol. The van der Waals surface area contributed by atoms with Crippen LogP contribution in [0.3, 0.4) is 0 Å². The largest absolute Gasteiger partial charge is 0.444 e. The molecule has 2 aromatic rings. The minimum absolute atomic E-state index is 0.335. The fourth-order valence-electron chi connectivity index (χ4n) is 3.86. The number of nitriles is 1. The van der Waals surface area contributed by atoms with Crippen LogP contribution in [0.2, 0.25) is 5.02 Å². The van der Waals surface area contributed by atoms with E-state index in [1.165, 1.54) is 22.9 Å². The second kappa shape index (κ2) is 10.6. The van der Waals surface area contributed by atoms with Crippen LogP contribution in [0.1, 0.15) is 38.3 Å². The zero-order chi connectivity index (χ0) is 23.1. The Kier molecular flexibility index (Phi) is 7.82. The van der Waals surface area contributed by atoms with Gasteiger partial charge in [-0.25, -0.2) is 4.79 Å². The van der Waals surface area contributed by atoms with E-state index in [0.29, 0.717) is 18.1 Å². The van der Waals surface area contributed by atoms with Gasteiger partial charge in [0.2, 0.25) is 0 Å². The zero-order valence-corrected chi connectivity index (χ0v) is 19.7. The number of amides is 1. The number of aryl methyl sites for hydroxylation is 2. The Labute approximate surface area is 195 Å². The van der Waals surface area contributed by atoms with Gasteiger partial charge < -0.3 is 14.5 Å². The van der Waals surface area contributed by atoms with Crippen LogP contribution in [0.4, 0.5) is 16.2 Å². The fourth-order valence-corrected chi connectivity index (χ4v) is 4.03. The zero-order valence-electron chi connectivity index (χ0n) is 19.0. The molecule has 0 bridgehead atoms. The van der Waals surface area contributed by atoms with Crippen molar-refractivity contribution in [1.29, 1.82) is 5.26 Å². The molecule has 5 nitrogen and oxygen atoms in total. The number of carbonyl (C=O) groups excluding carboxylic acids is 1. The molecule has 0 N–H and O–H groups in total. The lowest BCUT2D eigenvalue weighted by molar-refractivity contribution is 0.0271. The van der Waals surface area contributed by atoms with Crippen LogP contribution in [0, 0.1) is 11.3 Å². The van der Waals surface area contributed by atoms with Crippen LogP contribution < -0.4 is 4.90 Å². The Morgan fingerprint density at radius 3 is 2.62 bits per heavy atom. The molecular formula is C26H30ClN3O2. The summed E-state index contributed by atoms with van der Waals surface area (Å²) in [5.74, 6) is 0. The maximum Gasteiger partial charge on any atom is 0.410 e. The third-order valence-electron chi connectivity index (χ3n) is 5.26. The van der Waals surface area contributed by atoms with Crippen molar-refractivity contribution in [3.63, 3.8) is 0 Å². The summed E-state index contributed by atoms with van der Waals surface area (Å²) in [6, 6.07) is 16.5. The first-order chi connectivity index (χ1) is 15.3. The number of fused-ring (bicyclic) bond motifs is 2. The van der Waals surface area contributed by atoms with Gasteiger partial charge in [0.05, 0.1) is 6.07 Å². The van der Waals surface area contributed by atoms with E-state index in [1.807, 2.05) is 39.0 Å². The van der Waals surface area contributed by atoms with Crippen LogP contribution >= 0.6 is 11.6 Å². The fraction of sp³-hybridized carbons (Fsp3) is 0.385. The van der Waals surface area contributed by atoms with Gasteiger partial charge in [-0.3, -0.25) is 0 Å². The summed E-state index contributed by atoms with van der Waals surface area (Å²) in [4.78, 5) is 16.6. The third kappa shape index (κ3) is 6.27. The number of hydrogen-bond acceptors (Lipinski definition) is 4. The Hall–Kier alpha value is -2.97. The molecule has 0 spiro atoms. The van der Waals surface area contributed by atoms with Crippen LogP contribution in [0.15, 0.2) is 54.6 Å². The quantitative estimate of drug-likeness (QED) is 0.484. The first-order valence-electron chi connectivity index (χ1n) is 10.9. The number of hydrogen-bond donors (Lipinski definition) is 0. The maximum absolute atomic E-state index is 12.7. The lowest BCUT2D eigenvalue weighted by atomic mass is 10.0. The molecule has 0 aliphatic carbocycles. The van der Waals surface area contributed by atoms with Gasteiger partial charge >= 0.3 is 6.09 Å². The molecule has 32 heavy (non-hydrogen) atoms. The van der Waals surface area contributed by atoms with Crippen molar-refractivity contribution in [2.75, 3.05) is 24.5 Å². The van der Waals surface area contributed by atoms with Gasteiger partial charge in [0, 0.05) is 42.1 Å². The highest BCUT2D eigenvalue weighted by molar-refractivity contribution is 6.30. The number of nitrogens with zero attached hydrogens (tertiary/aromatic N) is 3. The average Bonchev–Trinajstić information content (AvgIpc) is 2.88. The van der Waals surface area contributed by atoms with E-state index in [9.17, 15) is 4.79 Å². The molecule has 1 amide bonds. The number of allylic oxidation sites excluding steroid dienone is 1. The molecule has 3 rings (SSSR count). The molecule has 0 fully saturated rings. The summed E-state index contributed by atoms with van der Waals surface area (Å²) in [6.45, 7) is 7.13. The first kappa shape index (κ1) is 23.7. The molecule has 1 aliphatic heterocycles. The smallest absolute Gasteiger partial charge is 0.410 e. The number of rotatable bonds is 6. The molecule has 6 heteroatoms. The van der Waals surface area contributed by atoms with Crippen LogP contribution in [0.25, 0.3) is 0 Å². The number of carbonyl (C=O) groups is 1. The Morgan fingerprint density at radius 1 is 1.19 bits per heavy atom. The van der Waals surface area contributed by atoms with E-state index in [4.69, 9.17) is 21.6 Å². The van der Waals surface area contributed by atoms with Crippen molar-refractivity contribution in [2.45, 2.75) is 45.6 Å². The van der Waals surface area contributed by atoms with Gasteiger partial charge in [-0.2, -0.15) is 5.26 Å². The standard InChI is InChI=1S/C26H30ClN3O2/c1-26(2,3)32-25(31)29(16-7-6-15-28)17-8-18-30-23-10-5-4-9-20(23)11-12-21-13-14-22(27)19-24(21)30/h4-7,9-10,13-14,19H,8,11-12,16-18H2,1-3H3/b7-6+. The highest BCUT2D eigenvalue weighted by Crippen LogP contribution is 2.37. The molecule has 1 aliphatic rings. The predicted octanol–water partition coefficient (Wildman–Crippen LogP) is 6.28. The average molecular weight is 452 g/mol. The number of anilines is 2. The van der Waals surface area contributed by atoms with Gasteiger partial charge in [0.25, 0.3) is 0 Å². The molecule has 0 unspecified atom stereocenters. The molecule has 0 atom stereocenters. The van der Waals surface area contributed by atoms with E-state index < -0.39 is 5.60 Å². The van der Waals surface area contributed by atoms with Crippen LogP contribution in [-0.4, -0.2) is 36.2 Å². The lowest BCUT2D eigenvalue weighted by Crippen LogP contribution is -2.38. The lowest BCUT2D eigenvalue weighted by Gasteiger charge is -2.30. The summed E-state index contributed by atoms with van der Waals surface area (Å²) >= 11 is 6.35. The SMILES string of the molecule is CC(C)(C)OC(=O)N(C/C=C/C#N)CCCN1c2ccccc2CCc2ccc(Cl)cc21. The van der Waals surface area contributed by atoms with E-state index in [-0.39, 0.29) is 6.09 Å². The van der Waals surface area contributed by atoms with Crippen molar-refractivity contribution in [3.8, 4) is 6.07 Å². The minimum Gasteiger partial charge on any atom is -0.444 e. The molecule has 168 valence electrons. The van der Waals surface area contributed by atoms with Crippen molar-refractivity contribution in [1.82, 2.24) is 4.90 Å². The van der Waals surface area contributed by atoms with Crippen molar-refractivity contribution in [2.24, 2.45) is 0 Å². The van der Waals surface area contributed by atoms with Gasteiger partial charge in [-0.05, 0) is 69.4 Å². The van der Waals surface area contributed by atoms with Crippen molar-refractivity contribution >= 4 is 29.1 Å². The number of ether oxygens (including phenoxy) is 1. The van der Waals surface area contributed by atoms with Gasteiger partial charge in [-0.1, -0.05) is 41.9 Å². The highest BCUT2D eigenvalue weighted by Gasteiger charge is 2.23. The van der Waals surface area contributed by atoms with E-state index in [2.05, 4.69) is 35.2 Å². The normalized spacial score (nSPS) is 13.2. The molecule has 0 radical (unpaired) electrons. The number of benzene rings is 2. The Morgan fingerprint density at radius 2 is 1.91 bits per heavy atom. The molecule has 2 aromatic carbocycles. The summed E-state index contributed by atoms with van der Waals surface area (Å²) in [7, 11) is 0. The van der Waals surface area contributed by atoms with Crippen molar-refractivity contribution < 1.29 is 9.53 Å². The second-order valence-corrected chi connectivity index (χ2v) is 9.30. The Balaban J connectivity index is 1.79. The van der Waals surface area contributed by atoms with Crippen molar-refractivity contribution in [3.05, 3.63) is 70.8 Å². The highest BCUT2D eigenvalue weighted by atomic mass is 35.5. The third-order valence-corrected chi connectivity index (χ3v) is 5.50. The summed E-state index contributed by atoms with van der Waals surface area (Å²) in [6.07, 6.45) is 5.37. The van der Waals surface area contributed by atoms with E-state index >= 15 is 0 Å². The topological polar surface area (TPSA) is 56.6 Å². The second-order valence-electron chi connectivity index (χ2n) is 8.86. The summed E-state index contributed by atoms with van der Waals surface area (Å²) < 4.78 is 5.56. The van der Waals surface area contributed by atoms with E-state index in [0.717, 1.165) is 31.5 Å². The summed E-state index contributed by atoms with van der Waals surface area (Å²) in [5.41, 5.74) is 4.30. The number of para-hydroxylation sites is 1. The molecule has 0 saturated heterocycles. The molecular weight excluding hydrogens is 422 g/mol. The van der Waals surface area contributed by atoms with Crippen LogP contribution in [0.5, 0.6) is 0 Å². The molecule has 1 heterocycles. The molecule has 0 saturated carbocycles.